The summed E-state index contributed by atoms with van der Waals surface area (Å²) in [5.74, 6) is 0. The Morgan fingerprint density at radius 2 is 1.70 bits per heavy atom. The molecule has 0 aliphatic carbocycles. The SMILES string of the molecule is Cc1cccc(NC(=O)NCc2ccc(C(F)(F)F)cc2)c1C. The second-order valence-electron chi connectivity index (χ2n) is 5.25. The molecule has 0 radical (unpaired) electrons. The van der Waals surface area contributed by atoms with Crippen LogP contribution < -0.4 is 10.6 Å². The fourth-order valence-electron chi connectivity index (χ4n) is 2.05. The van der Waals surface area contributed by atoms with Crippen molar-refractivity contribution in [1.82, 2.24) is 5.32 Å². The minimum atomic E-state index is -4.36. The van der Waals surface area contributed by atoms with Gasteiger partial charge in [0.1, 0.15) is 0 Å². The molecular formula is C17H17F3N2O. The van der Waals surface area contributed by atoms with E-state index in [1.54, 1.807) is 6.07 Å². The van der Waals surface area contributed by atoms with E-state index in [9.17, 15) is 18.0 Å². The monoisotopic (exact) mass is 322 g/mol. The minimum Gasteiger partial charge on any atom is -0.334 e. The van der Waals surface area contributed by atoms with Gasteiger partial charge < -0.3 is 10.6 Å². The Labute approximate surface area is 132 Å². The van der Waals surface area contributed by atoms with Crippen LogP contribution in [0.4, 0.5) is 23.7 Å². The van der Waals surface area contributed by atoms with Crippen LogP contribution in [-0.4, -0.2) is 6.03 Å². The molecular weight excluding hydrogens is 305 g/mol. The summed E-state index contributed by atoms with van der Waals surface area (Å²) >= 11 is 0. The summed E-state index contributed by atoms with van der Waals surface area (Å²) < 4.78 is 37.4. The zero-order valence-electron chi connectivity index (χ0n) is 12.8. The molecule has 0 atom stereocenters. The lowest BCUT2D eigenvalue weighted by Crippen LogP contribution is -2.28. The molecule has 122 valence electrons. The van der Waals surface area contributed by atoms with Gasteiger partial charge in [-0.1, -0.05) is 24.3 Å². The highest BCUT2D eigenvalue weighted by Crippen LogP contribution is 2.29. The molecule has 0 aromatic heterocycles. The van der Waals surface area contributed by atoms with E-state index in [0.717, 1.165) is 23.3 Å². The van der Waals surface area contributed by atoms with Gasteiger partial charge in [-0.2, -0.15) is 13.2 Å². The Morgan fingerprint density at radius 3 is 2.30 bits per heavy atom. The summed E-state index contributed by atoms with van der Waals surface area (Å²) in [6.45, 7) is 4.00. The number of hydrogen-bond donors (Lipinski definition) is 2. The van der Waals surface area contributed by atoms with E-state index in [1.165, 1.54) is 12.1 Å². The lowest BCUT2D eigenvalue weighted by atomic mass is 10.1. The number of carbonyl (C=O) groups is 1. The van der Waals surface area contributed by atoms with Crippen molar-refractivity contribution in [2.24, 2.45) is 0 Å². The molecule has 0 saturated carbocycles. The molecule has 2 aromatic carbocycles. The number of alkyl halides is 3. The van der Waals surface area contributed by atoms with E-state index >= 15 is 0 Å². The van der Waals surface area contributed by atoms with Crippen molar-refractivity contribution < 1.29 is 18.0 Å². The highest BCUT2D eigenvalue weighted by molar-refractivity contribution is 5.90. The Bertz CT molecular complexity index is 694. The van der Waals surface area contributed by atoms with Gasteiger partial charge in [0.25, 0.3) is 0 Å². The van der Waals surface area contributed by atoms with Crippen molar-refractivity contribution in [1.29, 1.82) is 0 Å². The molecule has 0 aliphatic heterocycles. The molecule has 0 bridgehead atoms. The predicted octanol–water partition coefficient (Wildman–Crippen LogP) is 4.64. The lowest BCUT2D eigenvalue weighted by Gasteiger charge is -2.12. The van der Waals surface area contributed by atoms with Crippen molar-refractivity contribution in [3.05, 3.63) is 64.7 Å². The number of halogens is 3. The first kappa shape index (κ1) is 16.9. The molecule has 0 heterocycles. The summed E-state index contributed by atoms with van der Waals surface area (Å²) in [5, 5.41) is 5.35. The highest BCUT2D eigenvalue weighted by Gasteiger charge is 2.29. The maximum absolute atomic E-state index is 12.5. The number of rotatable bonds is 3. The molecule has 6 heteroatoms. The minimum absolute atomic E-state index is 0.148. The first-order valence-corrected chi connectivity index (χ1v) is 7.04. The van der Waals surface area contributed by atoms with Gasteiger partial charge in [0.15, 0.2) is 0 Å². The van der Waals surface area contributed by atoms with Gasteiger partial charge in [-0.15, -0.1) is 0 Å². The summed E-state index contributed by atoms with van der Waals surface area (Å²) in [7, 11) is 0. The molecule has 2 amide bonds. The average Bonchev–Trinajstić information content (AvgIpc) is 2.49. The van der Waals surface area contributed by atoms with Crippen molar-refractivity contribution in [2.45, 2.75) is 26.6 Å². The highest BCUT2D eigenvalue weighted by atomic mass is 19.4. The van der Waals surface area contributed by atoms with E-state index in [2.05, 4.69) is 10.6 Å². The topological polar surface area (TPSA) is 41.1 Å². The average molecular weight is 322 g/mol. The third-order valence-corrected chi connectivity index (χ3v) is 3.59. The third-order valence-electron chi connectivity index (χ3n) is 3.59. The predicted molar refractivity (Wildman–Crippen MR) is 83.2 cm³/mol. The zero-order chi connectivity index (χ0) is 17.0. The number of anilines is 1. The Hall–Kier alpha value is -2.50. The van der Waals surface area contributed by atoms with Crippen LogP contribution in [0, 0.1) is 13.8 Å². The largest absolute Gasteiger partial charge is 0.416 e. The van der Waals surface area contributed by atoms with E-state index < -0.39 is 17.8 Å². The van der Waals surface area contributed by atoms with Crippen LogP contribution in [0.1, 0.15) is 22.3 Å². The van der Waals surface area contributed by atoms with Gasteiger partial charge in [-0.3, -0.25) is 0 Å². The maximum atomic E-state index is 12.5. The van der Waals surface area contributed by atoms with Crippen LogP contribution in [0.5, 0.6) is 0 Å². The molecule has 0 spiro atoms. The lowest BCUT2D eigenvalue weighted by molar-refractivity contribution is -0.137. The summed E-state index contributed by atoms with van der Waals surface area (Å²) in [6.07, 6.45) is -4.36. The Balaban J connectivity index is 1.93. The molecule has 2 rings (SSSR count). The van der Waals surface area contributed by atoms with Crippen LogP contribution in [0.25, 0.3) is 0 Å². The smallest absolute Gasteiger partial charge is 0.334 e. The van der Waals surface area contributed by atoms with E-state index in [-0.39, 0.29) is 6.54 Å². The van der Waals surface area contributed by atoms with Crippen LogP contribution >= 0.6 is 0 Å². The van der Waals surface area contributed by atoms with Crippen molar-refractivity contribution in [2.75, 3.05) is 5.32 Å². The number of hydrogen-bond acceptors (Lipinski definition) is 1. The number of benzene rings is 2. The molecule has 23 heavy (non-hydrogen) atoms. The molecule has 0 fully saturated rings. The molecule has 2 aromatic rings. The molecule has 0 unspecified atom stereocenters. The normalized spacial score (nSPS) is 11.2. The molecule has 2 N–H and O–H groups in total. The first-order chi connectivity index (χ1) is 10.8. The second kappa shape index (κ2) is 6.73. The number of urea groups is 1. The molecule has 0 aliphatic rings. The third kappa shape index (κ3) is 4.48. The van der Waals surface area contributed by atoms with Crippen molar-refractivity contribution >= 4 is 11.7 Å². The van der Waals surface area contributed by atoms with Crippen LogP contribution in [-0.2, 0) is 12.7 Å². The van der Waals surface area contributed by atoms with Gasteiger partial charge in [0.2, 0.25) is 0 Å². The number of aryl methyl sites for hydroxylation is 1. The molecule has 3 nitrogen and oxygen atoms in total. The molecule has 0 saturated heterocycles. The van der Waals surface area contributed by atoms with Crippen LogP contribution in [0.2, 0.25) is 0 Å². The number of amides is 2. The Morgan fingerprint density at radius 1 is 1.04 bits per heavy atom. The van der Waals surface area contributed by atoms with Crippen LogP contribution in [0.3, 0.4) is 0 Å². The summed E-state index contributed by atoms with van der Waals surface area (Å²) in [5.41, 5.74) is 2.62. The van der Waals surface area contributed by atoms with E-state index in [4.69, 9.17) is 0 Å². The number of nitrogens with one attached hydrogen (secondary N) is 2. The van der Waals surface area contributed by atoms with Gasteiger partial charge in [0.05, 0.1) is 5.56 Å². The summed E-state index contributed by atoms with van der Waals surface area (Å²) in [6, 6.07) is 9.87. The van der Waals surface area contributed by atoms with E-state index in [1.807, 2.05) is 26.0 Å². The number of carbonyl (C=O) groups excluding carboxylic acids is 1. The summed E-state index contributed by atoms with van der Waals surface area (Å²) in [4.78, 5) is 11.9. The maximum Gasteiger partial charge on any atom is 0.416 e. The van der Waals surface area contributed by atoms with Gasteiger partial charge in [-0.25, -0.2) is 4.79 Å². The van der Waals surface area contributed by atoms with Crippen LogP contribution in [0.15, 0.2) is 42.5 Å². The van der Waals surface area contributed by atoms with Gasteiger partial charge >= 0.3 is 12.2 Å². The van der Waals surface area contributed by atoms with E-state index in [0.29, 0.717) is 11.3 Å². The van der Waals surface area contributed by atoms with Crippen molar-refractivity contribution in [3.63, 3.8) is 0 Å². The first-order valence-electron chi connectivity index (χ1n) is 7.04. The second-order valence-corrected chi connectivity index (χ2v) is 5.25. The van der Waals surface area contributed by atoms with Crippen molar-refractivity contribution in [3.8, 4) is 0 Å². The fourth-order valence-corrected chi connectivity index (χ4v) is 2.05. The standard InChI is InChI=1S/C17H17F3N2O/c1-11-4-3-5-15(12(11)2)22-16(23)21-10-13-6-8-14(9-7-13)17(18,19)20/h3-9H,10H2,1-2H3,(H2,21,22,23). The van der Waals surface area contributed by atoms with Gasteiger partial charge in [-0.05, 0) is 48.7 Å². The van der Waals surface area contributed by atoms with Gasteiger partial charge in [0, 0.05) is 12.2 Å². The Kier molecular flexibility index (Phi) is 4.93. The fraction of sp³-hybridized carbons (Fsp3) is 0.235. The zero-order valence-corrected chi connectivity index (χ0v) is 12.8. The quantitative estimate of drug-likeness (QED) is 0.849.